The van der Waals surface area contributed by atoms with Crippen molar-refractivity contribution in [2.24, 2.45) is 0 Å². The van der Waals surface area contributed by atoms with Crippen LogP contribution in [0.5, 0.6) is 0 Å². The fourth-order valence-electron chi connectivity index (χ4n) is 7.39. The molecule has 22 heteroatoms. The number of carbonyl (C=O) groups excluding carboxylic acids is 4. The van der Waals surface area contributed by atoms with Gasteiger partial charge in [-0.3, -0.25) is 24.4 Å². The molecular formula is C50H63N11O7S4. The maximum absolute atomic E-state index is 12.7. The Hall–Kier alpha value is -6.17. The van der Waals surface area contributed by atoms with Gasteiger partial charge in [-0.2, -0.15) is 0 Å². The first-order valence-electron chi connectivity index (χ1n) is 23.7. The van der Waals surface area contributed by atoms with Crippen LogP contribution in [0.4, 0.5) is 26.2 Å². The number of nitrogens with two attached hydrogens (primary N) is 1. The average Bonchev–Trinajstić information content (AvgIpc) is 4.14. The molecule has 1 aliphatic carbocycles. The minimum atomic E-state index is -1.09. The smallest absolute Gasteiger partial charge is 0.410 e. The van der Waals surface area contributed by atoms with Crippen LogP contribution in [0.2, 0.25) is 0 Å². The van der Waals surface area contributed by atoms with E-state index in [2.05, 4.69) is 60.4 Å². The number of thiophene rings is 2. The topological polar surface area (TPSA) is 256 Å². The maximum atomic E-state index is 12.7. The summed E-state index contributed by atoms with van der Waals surface area (Å²) in [6.45, 7) is 15.7. The number of nitrogens with one attached hydrogen (secondary N) is 5. The highest BCUT2D eigenvalue weighted by molar-refractivity contribution is 7.19. The fourth-order valence-corrected chi connectivity index (χ4v) is 11.9. The number of hydrogen-bond acceptors (Lipinski definition) is 17. The summed E-state index contributed by atoms with van der Waals surface area (Å²) in [5.41, 5.74) is 10.4. The number of amides is 4. The Morgan fingerprint density at radius 1 is 0.750 bits per heavy atom. The van der Waals surface area contributed by atoms with Crippen molar-refractivity contribution in [1.82, 2.24) is 35.5 Å². The van der Waals surface area contributed by atoms with Crippen LogP contribution >= 0.6 is 45.3 Å². The van der Waals surface area contributed by atoms with Gasteiger partial charge in [0.2, 0.25) is 11.8 Å². The molecule has 2 aliphatic rings. The van der Waals surface area contributed by atoms with Crippen LogP contribution in [0.15, 0.2) is 59.8 Å². The second kappa shape index (κ2) is 26.0. The minimum Gasteiger partial charge on any atom is -0.476 e. The Labute approximate surface area is 435 Å². The SMILES string of the molecule is CC(C)NCCC(=O)Nc1sc2c(c1-c1nc(C(=O)Nc3cccnc3)cs1)CCCC2.CC(C)NCCC(=O)Nc1sc2c(c1-c1nc(C(=O)O)cs1)CCN(C(=O)OC(C)(C)C)C2.Nc1cccnc1. The van der Waals surface area contributed by atoms with Gasteiger partial charge in [-0.25, -0.2) is 19.6 Å². The Morgan fingerprint density at radius 2 is 1.31 bits per heavy atom. The van der Waals surface area contributed by atoms with Gasteiger partial charge < -0.3 is 47.1 Å². The van der Waals surface area contributed by atoms with Crippen LogP contribution in [0, 0.1) is 0 Å². The van der Waals surface area contributed by atoms with E-state index in [0.717, 1.165) is 57.3 Å². The van der Waals surface area contributed by atoms with Gasteiger partial charge >= 0.3 is 12.1 Å². The molecule has 0 saturated heterocycles. The van der Waals surface area contributed by atoms with E-state index in [1.54, 1.807) is 70.7 Å². The molecule has 0 fully saturated rings. The molecule has 4 amide bonds. The summed E-state index contributed by atoms with van der Waals surface area (Å²) in [6, 6.07) is 7.79. The second-order valence-corrected chi connectivity index (χ2v) is 22.4. The number of aromatic nitrogens is 4. The third kappa shape index (κ3) is 16.2. The first kappa shape index (κ1) is 55.1. The van der Waals surface area contributed by atoms with Crippen molar-refractivity contribution >= 4 is 96.5 Å². The number of nitrogens with zero attached hydrogens (tertiary/aromatic N) is 5. The summed E-state index contributed by atoms with van der Waals surface area (Å²) in [6.07, 6.45) is 11.8. The maximum Gasteiger partial charge on any atom is 0.410 e. The molecular weight excluding hydrogens is 995 g/mol. The number of carbonyl (C=O) groups is 5. The lowest BCUT2D eigenvalue weighted by atomic mass is 9.95. The molecule has 8 N–H and O–H groups in total. The monoisotopic (exact) mass is 1060 g/mol. The third-order valence-corrected chi connectivity index (χ3v) is 14.7. The largest absolute Gasteiger partial charge is 0.476 e. The average molecular weight is 1060 g/mol. The Balaban J connectivity index is 0.000000207. The van der Waals surface area contributed by atoms with E-state index in [1.807, 2.05) is 34.6 Å². The van der Waals surface area contributed by atoms with Crippen molar-refractivity contribution in [3.8, 4) is 21.1 Å². The van der Waals surface area contributed by atoms with Crippen molar-refractivity contribution < 1.29 is 33.8 Å². The Bertz CT molecular complexity index is 2780. The molecule has 384 valence electrons. The van der Waals surface area contributed by atoms with Gasteiger partial charge in [0.25, 0.3) is 5.91 Å². The highest BCUT2D eigenvalue weighted by atomic mass is 32.1. The summed E-state index contributed by atoms with van der Waals surface area (Å²) in [5, 5.41) is 30.8. The molecule has 0 unspecified atom stereocenters. The quantitative estimate of drug-likeness (QED) is 0.0506. The van der Waals surface area contributed by atoms with Crippen LogP contribution in [-0.2, 0) is 40.1 Å². The Kier molecular flexibility index (Phi) is 19.9. The zero-order valence-corrected chi connectivity index (χ0v) is 44.8. The van der Waals surface area contributed by atoms with Gasteiger partial charge in [-0.1, -0.05) is 27.7 Å². The molecule has 1 aliphatic heterocycles. The highest BCUT2D eigenvalue weighted by Crippen LogP contribution is 2.46. The number of hydrogen-bond donors (Lipinski definition) is 7. The van der Waals surface area contributed by atoms with Crippen molar-refractivity contribution in [2.45, 2.75) is 118 Å². The Morgan fingerprint density at radius 3 is 1.82 bits per heavy atom. The van der Waals surface area contributed by atoms with E-state index >= 15 is 0 Å². The van der Waals surface area contributed by atoms with Gasteiger partial charge in [-0.15, -0.1) is 45.3 Å². The van der Waals surface area contributed by atoms with Gasteiger partial charge in [0.15, 0.2) is 5.69 Å². The number of aromatic carboxylic acids is 1. The predicted molar refractivity (Wildman–Crippen MR) is 288 cm³/mol. The molecule has 0 radical (unpaired) electrons. The van der Waals surface area contributed by atoms with Crippen molar-refractivity contribution in [2.75, 3.05) is 41.3 Å². The van der Waals surface area contributed by atoms with Crippen LogP contribution in [0.25, 0.3) is 21.1 Å². The number of ether oxygens (including phenoxy) is 1. The molecule has 8 rings (SSSR count). The number of aryl methyl sites for hydroxylation is 1. The lowest BCUT2D eigenvalue weighted by Gasteiger charge is -2.30. The molecule has 7 heterocycles. The summed E-state index contributed by atoms with van der Waals surface area (Å²) >= 11 is 5.72. The van der Waals surface area contributed by atoms with E-state index in [-0.39, 0.29) is 35.6 Å². The fraction of sp³-hybridized carbons (Fsp3) is 0.420. The number of rotatable bonds is 15. The second-order valence-electron chi connectivity index (χ2n) is 18.5. The van der Waals surface area contributed by atoms with E-state index in [0.29, 0.717) is 78.6 Å². The van der Waals surface area contributed by atoms with E-state index in [4.69, 9.17) is 10.5 Å². The third-order valence-electron chi connectivity index (χ3n) is 10.7. The summed E-state index contributed by atoms with van der Waals surface area (Å²) in [4.78, 5) is 82.3. The standard InChI is InChI=1S/C23H27N5O2S2.C22H30N4O5S2.C5H6N2/c1-14(2)25-11-9-19(29)28-23-20(16-7-3-4-8-18(16)32-23)22-27-17(13-31-22)21(30)26-15-6-5-10-24-12-15;1-12(2)23-8-6-16(27)25-19-17(18-24-14(11-32-18)20(28)29)13-7-9-26(10-15(13)33-19)21(30)31-22(3,4)5;6-5-2-1-3-7-4-5/h5-6,10,12-14,25H,3-4,7-9,11H2,1-2H3,(H,26,30)(H,28,29);11-12,23H,6-10H2,1-5H3,(H,25,27)(H,28,29);1-4H,6H2. The van der Waals surface area contributed by atoms with Crippen molar-refractivity contribution in [3.05, 3.63) is 92.1 Å². The zero-order chi connectivity index (χ0) is 52.0. The molecule has 0 atom stereocenters. The molecule has 0 aromatic carbocycles. The summed E-state index contributed by atoms with van der Waals surface area (Å²) in [7, 11) is 0. The number of pyridine rings is 2. The molecule has 0 bridgehead atoms. The van der Waals surface area contributed by atoms with Crippen LogP contribution in [0.3, 0.4) is 0 Å². The van der Waals surface area contributed by atoms with Gasteiger partial charge in [0.1, 0.15) is 31.3 Å². The predicted octanol–water partition coefficient (Wildman–Crippen LogP) is 9.58. The number of carboxylic acids is 1. The first-order chi connectivity index (χ1) is 34.3. The van der Waals surface area contributed by atoms with Gasteiger partial charge in [-0.05, 0) is 88.3 Å². The zero-order valence-electron chi connectivity index (χ0n) is 41.5. The molecule has 6 aromatic heterocycles. The van der Waals surface area contributed by atoms with Crippen LogP contribution < -0.4 is 32.3 Å². The van der Waals surface area contributed by atoms with Gasteiger partial charge in [0.05, 0.1) is 24.1 Å². The minimum absolute atomic E-state index is 0.0101. The normalized spacial score (nSPS) is 12.9. The molecule has 0 spiro atoms. The lowest BCUT2D eigenvalue weighted by Crippen LogP contribution is -2.39. The molecule has 0 saturated carbocycles. The molecule has 6 aromatic rings. The van der Waals surface area contributed by atoms with E-state index in [1.165, 1.54) is 49.8 Å². The molecule has 18 nitrogen and oxygen atoms in total. The van der Waals surface area contributed by atoms with Crippen LogP contribution in [-0.4, -0.2) is 97.0 Å². The summed E-state index contributed by atoms with van der Waals surface area (Å²) < 4.78 is 5.51. The van der Waals surface area contributed by atoms with Crippen LogP contribution in [0.1, 0.15) is 116 Å². The van der Waals surface area contributed by atoms with Crippen molar-refractivity contribution in [3.63, 3.8) is 0 Å². The number of thiazole rings is 2. The lowest BCUT2D eigenvalue weighted by molar-refractivity contribution is -0.116. The summed E-state index contributed by atoms with van der Waals surface area (Å²) in [5.74, 6) is -1.51. The van der Waals surface area contributed by atoms with Gasteiger partial charge in [0, 0.05) is 94.8 Å². The molecule has 72 heavy (non-hydrogen) atoms. The number of carboxylic acid groups (broad SMARTS) is 1. The van der Waals surface area contributed by atoms with E-state index in [9.17, 15) is 29.1 Å². The number of nitrogen functional groups attached to an aromatic ring is 1. The van der Waals surface area contributed by atoms with E-state index < -0.39 is 11.6 Å². The first-order valence-corrected chi connectivity index (χ1v) is 27.1. The van der Waals surface area contributed by atoms with Crippen molar-refractivity contribution in [1.29, 1.82) is 0 Å². The number of anilines is 4. The number of fused-ring (bicyclic) bond motifs is 2. The highest BCUT2D eigenvalue weighted by Gasteiger charge is 2.32.